The number of aryl methyl sites for hydroxylation is 2. The van der Waals surface area contributed by atoms with Gasteiger partial charge in [-0.2, -0.15) is 8.78 Å². The fourth-order valence-electron chi connectivity index (χ4n) is 1.67. The maximum absolute atomic E-state index is 12.8. The third-order valence-electron chi connectivity index (χ3n) is 2.33. The molecule has 0 aliphatic rings. The molecule has 5 heteroatoms. The van der Waals surface area contributed by atoms with Gasteiger partial charge in [0.25, 0.3) is 0 Å². The summed E-state index contributed by atoms with van der Waals surface area (Å²) < 4.78 is 31.1. The van der Waals surface area contributed by atoms with E-state index in [9.17, 15) is 13.6 Å². The van der Waals surface area contributed by atoms with Crippen LogP contribution in [0, 0.1) is 13.8 Å². The molecular weight excluding hydrogens is 262 g/mol. The zero-order valence-corrected chi connectivity index (χ0v) is 11.4. The molecule has 0 atom stereocenters. The smallest absolute Gasteiger partial charge is 0.384 e. The molecule has 0 aromatic heterocycles. The van der Waals surface area contributed by atoms with E-state index in [-0.39, 0.29) is 11.7 Å². The van der Waals surface area contributed by atoms with Crippen molar-refractivity contribution in [3.05, 3.63) is 28.8 Å². The maximum atomic E-state index is 12.8. The normalized spacial score (nSPS) is 11.8. The highest BCUT2D eigenvalue weighted by molar-refractivity contribution is 6.35. The molecule has 1 aromatic rings. The maximum Gasteiger partial charge on any atom is 0.384 e. The Morgan fingerprint density at radius 1 is 1.28 bits per heavy atom. The monoisotopic (exact) mass is 276 g/mol. The number of rotatable bonds is 4. The van der Waals surface area contributed by atoms with Gasteiger partial charge in [-0.25, -0.2) is 0 Å². The third-order valence-corrected chi connectivity index (χ3v) is 2.51. The molecule has 100 valence electrons. The number of alkyl halides is 3. The second kappa shape index (κ2) is 5.22. The van der Waals surface area contributed by atoms with Gasteiger partial charge < -0.3 is 4.74 Å². The molecular formula is C13H15ClF2O2. The molecule has 0 N–H and O–H groups in total. The Morgan fingerprint density at radius 3 is 2.06 bits per heavy atom. The van der Waals surface area contributed by atoms with Crippen LogP contribution in [0.3, 0.4) is 0 Å². The number of carbonyl (C=O) groups excluding carboxylic acids is 1. The largest absolute Gasteiger partial charge is 0.490 e. The van der Waals surface area contributed by atoms with Crippen molar-refractivity contribution in [1.82, 2.24) is 0 Å². The topological polar surface area (TPSA) is 26.3 Å². The summed E-state index contributed by atoms with van der Waals surface area (Å²) in [5, 5.41) is -3.88. The van der Waals surface area contributed by atoms with Gasteiger partial charge >= 0.3 is 5.38 Å². The standard InChI is InChI=1S/C13H15ClF2O2/c1-7(2)18-11-8(3)5-10(6-9(11)4)12(17)13(14,15)16/h5-7H,1-4H3. The molecule has 0 saturated carbocycles. The highest BCUT2D eigenvalue weighted by atomic mass is 35.5. The van der Waals surface area contributed by atoms with Crippen LogP contribution in [-0.4, -0.2) is 17.3 Å². The third kappa shape index (κ3) is 3.42. The minimum atomic E-state index is -3.88. The highest BCUT2D eigenvalue weighted by Crippen LogP contribution is 2.30. The number of ether oxygens (including phenoxy) is 1. The average Bonchev–Trinajstić information content (AvgIpc) is 2.20. The number of Topliss-reactive ketones (excluding diaryl/α,β-unsaturated/α-hetero) is 1. The summed E-state index contributed by atoms with van der Waals surface area (Å²) >= 11 is 4.73. The second-order valence-electron chi connectivity index (χ2n) is 4.43. The van der Waals surface area contributed by atoms with Crippen molar-refractivity contribution in [3.8, 4) is 5.75 Å². The number of hydrogen-bond donors (Lipinski definition) is 0. The van der Waals surface area contributed by atoms with Crippen LogP contribution in [0.25, 0.3) is 0 Å². The zero-order valence-electron chi connectivity index (χ0n) is 10.7. The van der Waals surface area contributed by atoms with E-state index >= 15 is 0 Å². The molecule has 0 heterocycles. The van der Waals surface area contributed by atoms with Crippen LogP contribution < -0.4 is 4.74 Å². The van der Waals surface area contributed by atoms with Crippen molar-refractivity contribution in [2.45, 2.75) is 39.2 Å². The predicted molar refractivity (Wildman–Crippen MR) is 66.8 cm³/mol. The molecule has 0 unspecified atom stereocenters. The Bertz CT molecular complexity index is 442. The Labute approximate surface area is 110 Å². The van der Waals surface area contributed by atoms with Crippen LogP contribution in [-0.2, 0) is 0 Å². The van der Waals surface area contributed by atoms with Crippen molar-refractivity contribution in [1.29, 1.82) is 0 Å². The molecule has 0 aliphatic carbocycles. The minimum absolute atomic E-state index is 0.0292. The molecule has 1 aromatic carbocycles. The first kappa shape index (κ1) is 14.9. The van der Waals surface area contributed by atoms with Crippen LogP contribution in [0.5, 0.6) is 5.75 Å². The number of halogens is 3. The van der Waals surface area contributed by atoms with E-state index < -0.39 is 11.2 Å². The van der Waals surface area contributed by atoms with E-state index in [1.807, 2.05) is 13.8 Å². The van der Waals surface area contributed by atoms with E-state index in [0.717, 1.165) is 0 Å². The van der Waals surface area contributed by atoms with Crippen LogP contribution >= 0.6 is 11.6 Å². The summed E-state index contributed by atoms with van der Waals surface area (Å²) in [6, 6.07) is 2.73. The lowest BCUT2D eigenvalue weighted by Crippen LogP contribution is -2.22. The molecule has 18 heavy (non-hydrogen) atoms. The summed E-state index contributed by atoms with van der Waals surface area (Å²) in [6.07, 6.45) is -0.0292. The van der Waals surface area contributed by atoms with E-state index in [4.69, 9.17) is 16.3 Å². The lowest BCUT2D eigenvalue weighted by atomic mass is 10.0. The Hall–Kier alpha value is -1.16. The molecule has 2 nitrogen and oxygen atoms in total. The molecule has 0 aliphatic heterocycles. The van der Waals surface area contributed by atoms with Crippen LogP contribution in [0.2, 0.25) is 0 Å². The molecule has 0 saturated heterocycles. The van der Waals surface area contributed by atoms with E-state index in [1.165, 1.54) is 12.1 Å². The molecule has 0 fully saturated rings. The van der Waals surface area contributed by atoms with Gasteiger partial charge in [0, 0.05) is 5.56 Å². The Morgan fingerprint density at radius 2 is 1.72 bits per heavy atom. The Kier molecular flexibility index (Phi) is 4.32. The zero-order chi connectivity index (χ0) is 14.1. The van der Waals surface area contributed by atoms with Gasteiger partial charge in [0.15, 0.2) is 0 Å². The predicted octanol–water partition coefficient (Wildman–Crippen LogP) is 4.10. The van der Waals surface area contributed by atoms with Gasteiger partial charge in [0.1, 0.15) is 5.75 Å². The molecule has 0 amide bonds. The van der Waals surface area contributed by atoms with Crippen LogP contribution in [0.1, 0.15) is 35.3 Å². The molecule has 1 rings (SSSR count). The molecule has 0 radical (unpaired) electrons. The van der Waals surface area contributed by atoms with E-state index in [0.29, 0.717) is 16.9 Å². The molecule has 0 spiro atoms. The van der Waals surface area contributed by atoms with Gasteiger partial charge in [-0.05, 0) is 62.6 Å². The summed E-state index contributed by atoms with van der Waals surface area (Å²) in [5.74, 6) is -0.786. The first-order valence-corrected chi connectivity index (χ1v) is 5.90. The van der Waals surface area contributed by atoms with Crippen molar-refractivity contribution < 1.29 is 18.3 Å². The lowest BCUT2D eigenvalue weighted by Gasteiger charge is -2.16. The average molecular weight is 277 g/mol. The highest BCUT2D eigenvalue weighted by Gasteiger charge is 2.36. The number of carbonyl (C=O) groups is 1. The van der Waals surface area contributed by atoms with Crippen LogP contribution in [0.15, 0.2) is 12.1 Å². The second-order valence-corrected chi connectivity index (χ2v) is 4.91. The van der Waals surface area contributed by atoms with Gasteiger partial charge in [-0.15, -0.1) is 0 Å². The van der Waals surface area contributed by atoms with Crippen molar-refractivity contribution in [2.24, 2.45) is 0 Å². The van der Waals surface area contributed by atoms with Crippen LogP contribution in [0.4, 0.5) is 8.78 Å². The summed E-state index contributed by atoms with van der Waals surface area (Å²) in [6.45, 7) is 7.14. The van der Waals surface area contributed by atoms with E-state index in [2.05, 4.69) is 0 Å². The minimum Gasteiger partial charge on any atom is -0.490 e. The first-order valence-electron chi connectivity index (χ1n) is 5.52. The summed E-state index contributed by atoms with van der Waals surface area (Å²) in [5.41, 5.74) is 1.15. The fraction of sp³-hybridized carbons (Fsp3) is 0.462. The molecule has 0 bridgehead atoms. The number of benzene rings is 1. The quantitative estimate of drug-likeness (QED) is 0.611. The van der Waals surface area contributed by atoms with Gasteiger partial charge in [0.05, 0.1) is 6.10 Å². The summed E-state index contributed by atoms with van der Waals surface area (Å²) in [4.78, 5) is 11.4. The van der Waals surface area contributed by atoms with Gasteiger partial charge in [-0.1, -0.05) is 0 Å². The van der Waals surface area contributed by atoms with Crippen molar-refractivity contribution in [3.63, 3.8) is 0 Å². The SMILES string of the molecule is Cc1cc(C(=O)C(F)(F)Cl)cc(C)c1OC(C)C. The van der Waals surface area contributed by atoms with Gasteiger partial charge in [-0.3, -0.25) is 4.79 Å². The van der Waals surface area contributed by atoms with Crippen molar-refractivity contribution in [2.75, 3.05) is 0 Å². The summed E-state index contributed by atoms with van der Waals surface area (Å²) in [7, 11) is 0. The first-order chi connectivity index (χ1) is 8.12. The van der Waals surface area contributed by atoms with E-state index in [1.54, 1.807) is 13.8 Å². The lowest BCUT2D eigenvalue weighted by molar-refractivity contribution is 0.0536. The number of hydrogen-bond acceptors (Lipinski definition) is 2. The van der Waals surface area contributed by atoms with Gasteiger partial charge in [0.2, 0.25) is 5.78 Å². The van der Waals surface area contributed by atoms with Crippen molar-refractivity contribution >= 4 is 17.4 Å². The fourth-order valence-corrected chi connectivity index (χ4v) is 1.78. The Balaban J connectivity index is 3.19. The number of ketones is 1.